The molecule has 18 heavy (non-hydrogen) atoms. The Morgan fingerprint density at radius 3 is 2.56 bits per heavy atom. The third-order valence-electron chi connectivity index (χ3n) is 2.77. The Morgan fingerprint density at radius 2 is 1.83 bits per heavy atom. The summed E-state index contributed by atoms with van der Waals surface area (Å²) in [5.41, 5.74) is 7.56. The number of aromatic nitrogens is 2. The number of aromatic hydroxyl groups is 1. The van der Waals surface area contributed by atoms with E-state index in [1.165, 1.54) is 0 Å². The smallest absolute Gasteiger partial charge is 0.155 e. The Hall–Kier alpha value is -2.20. The molecule has 0 saturated carbocycles. The van der Waals surface area contributed by atoms with Crippen LogP contribution in [0.3, 0.4) is 0 Å². The Morgan fingerprint density at radius 1 is 1.11 bits per heavy atom. The van der Waals surface area contributed by atoms with Gasteiger partial charge in [-0.25, -0.2) is 4.98 Å². The Labute approximate surface area is 108 Å². The second-order valence-corrected chi connectivity index (χ2v) is 4.30. The summed E-state index contributed by atoms with van der Waals surface area (Å²) in [6, 6.07) is 12.2. The summed E-state index contributed by atoms with van der Waals surface area (Å²) in [5, 5.41) is 9.71. The van der Waals surface area contributed by atoms with Crippen LogP contribution >= 0.6 is 11.6 Å². The van der Waals surface area contributed by atoms with Gasteiger partial charge in [0.2, 0.25) is 0 Å². The number of imidazole rings is 1. The fourth-order valence-corrected chi connectivity index (χ4v) is 2.16. The number of halogens is 1. The largest absolute Gasteiger partial charge is 0.508 e. The second kappa shape index (κ2) is 3.92. The molecule has 3 rings (SSSR count). The van der Waals surface area contributed by atoms with Gasteiger partial charge in [0.15, 0.2) is 5.15 Å². The zero-order valence-electron chi connectivity index (χ0n) is 9.34. The predicted molar refractivity (Wildman–Crippen MR) is 71.7 cm³/mol. The van der Waals surface area contributed by atoms with Gasteiger partial charge in [-0.3, -0.25) is 4.40 Å². The van der Waals surface area contributed by atoms with Crippen LogP contribution in [0.25, 0.3) is 16.9 Å². The zero-order chi connectivity index (χ0) is 12.7. The number of nitrogens with two attached hydrogens (primary N) is 1. The van der Waals surface area contributed by atoms with E-state index in [1.807, 2.05) is 12.1 Å². The number of hydrogen-bond acceptors (Lipinski definition) is 3. The standard InChI is InChI=1S/C13H10ClN3O/c14-12-10-2-1-3-11(15)17(10)13(16-12)8-4-6-9(18)7-5-8/h1-7,18H,15H2. The lowest BCUT2D eigenvalue weighted by atomic mass is 10.2. The molecule has 0 aliphatic rings. The maximum Gasteiger partial charge on any atom is 0.155 e. The van der Waals surface area contributed by atoms with Gasteiger partial charge in [0.1, 0.15) is 17.4 Å². The molecule has 0 saturated heterocycles. The van der Waals surface area contributed by atoms with Crippen LogP contribution in [0.2, 0.25) is 5.15 Å². The van der Waals surface area contributed by atoms with Crippen molar-refractivity contribution in [1.29, 1.82) is 0 Å². The number of anilines is 1. The Balaban J connectivity index is 2.32. The predicted octanol–water partition coefficient (Wildman–Crippen LogP) is 2.94. The third-order valence-corrected chi connectivity index (χ3v) is 3.05. The van der Waals surface area contributed by atoms with E-state index in [1.54, 1.807) is 34.7 Å². The molecule has 0 unspecified atom stereocenters. The normalized spacial score (nSPS) is 10.9. The first-order chi connectivity index (χ1) is 8.66. The van der Waals surface area contributed by atoms with Crippen molar-refractivity contribution >= 4 is 22.9 Å². The van der Waals surface area contributed by atoms with Crippen molar-refractivity contribution in [1.82, 2.24) is 9.38 Å². The number of fused-ring (bicyclic) bond motifs is 1. The van der Waals surface area contributed by atoms with Gasteiger partial charge in [0, 0.05) is 5.56 Å². The van der Waals surface area contributed by atoms with Crippen molar-refractivity contribution in [3.63, 3.8) is 0 Å². The van der Waals surface area contributed by atoms with E-state index < -0.39 is 0 Å². The maximum atomic E-state index is 9.30. The van der Waals surface area contributed by atoms with Gasteiger partial charge in [-0.05, 0) is 36.4 Å². The molecule has 3 aromatic rings. The molecule has 5 heteroatoms. The number of hydrogen-bond donors (Lipinski definition) is 2. The highest BCUT2D eigenvalue weighted by Gasteiger charge is 2.12. The highest BCUT2D eigenvalue weighted by molar-refractivity contribution is 6.33. The number of rotatable bonds is 1. The van der Waals surface area contributed by atoms with E-state index in [4.69, 9.17) is 17.3 Å². The average Bonchev–Trinajstić information content (AvgIpc) is 2.70. The van der Waals surface area contributed by atoms with E-state index in [9.17, 15) is 5.11 Å². The summed E-state index contributed by atoms with van der Waals surface area (Å²) in [7, 11) is 0. The van der Waals surface area contributed by atoms with Gasteiger partial charge in [0.05, 0.1) is 5.52 Å². The SMILES string of the molecule is Nc1cccc2c(Cl)nc(-c3ccc(O)cc3)n12. The van der Waals surface area contributed by atoms with Crippen LogP contribution in [-0.4, -0.2) is 14.5 Å². The molecule has 2 heterocycles. The molecule has 2 aromatic heterocycles. The van der Waals surface area contributed by atoms with Crippen LogP contribution < -0.4 is 5.73 Å². The lowest BCUT2D eigenvalue weighted by Crippen LogP contribution is -1.97. The second-order valence-electron chi connectivity index (χ2n) is 3.94. The summed E-state index contributed by atoms with van der Waals surface area (Å²) in [4.78, 5) is 4.32. The van der Waals surface area contributed by atoms with Gasteiger partial charge in [-0.15, -0.1) is 0 Å². The first-order valence-electron chi connectivity index (χ1n) is 5.38. The van der Waals surface area contributed by atoms with E-state index in [0.29, 0.717) is 16.8 Å². The molecule has 0 spiro atoms. The van der Waals surface area contributed by atoms with Crippen molar-refractivity contribution in [2.24, 2.45) is 0 Å². The van der Waals surface area contributed by atoms with Gasteiger partial charge in [0.25, 0.3) is 0 Å². The van der Waals surface area contributed by atoms with Crippen LogP contribution in [0.5, 0.6) is 5.75 Å². The van der Waals surface area contributed by atoms with Gasteiger partial charge >= 0.3 is 0 Å². The molecule has 1 aromatic carbocycles. The van der Waals surface area contributed by atoms with Crippen LogP contribution in [0, 0.1) is 0 Å². The highest BCUT2D eigenvalue weighted by atomic mass is 35.5. The maximum absolute atomic E-state index is 9.30. The quantitative estimate of drug-likeness (QED) is 0.706. The van der Waals surface area contributed by atoms with E-state index in [2.05, 4.69) is 4.98 Å². The topological polar surface area (TPSA) is 63.5 Å². The first-order valence-corrected chi connectivity index (χ1v) is 5.76. The summed E-state index contributed by atoms with van der Waals surface area (Å²) in [6.07, 6.45) is 0. The Kier molecular flexibility index (Phi) is 2.38. The number of phenolic OH excluding ortho intramolecular Hbond substituents is 1. The number of benzene rings is 1. The summed E-state index contributed by atoms with van der Waals surface area (Å²) in [6.45, 7) is 0. The fraction of sp³-hybridized carbons (Fsp3) is 0. The fourth-order valence-electron chi connectivity index (χ4n) is 1.93. The molecule has 0 aliphatic heterocycles. The molecular weight excluding hydrogens is 250 g/mol. The molecule has 0 bridgehead atoms. The summed E-state index contributed by atoms with van der Waals surface area (Å²) >= 11 is 6.09. The van der Waals surface area contributed by atoms with Crippen LogP contribution in [-0.2, 0) is 0 Å². The van der Waals surface area contributed by atoms with Crippen molar-refractivity contribution in [3.8, 4) is 17.1 Å². The van der Waals surface area contributed by atoms with E-state index in [0.717, 1.165) is 11.1 Å². The monoisotopic (exact) mass is 259 g/mol. The molecule has 4 nitrogen and oxygen atoms in total. The third kappa shape index (κ3) is 1.58. The highest BCUT2D eigenvalue weighted by Crippen LogP contribution is 2.28. The molecule has 0 atom stereocenters. The van der Waals surface area contributed by atoms with Gasteiger partial charge in [-0.1, -0.05) is 17.7 Å². The lowest BCUT2D eigenvalue weighted by Gasteiger charge is -2.04. The summed E-state index contributed by atoms with van der Waals surface area (Å²) in [5.74, 6) is 1.43. The van der Waals surface area contributed by atoms with Crippen molar-refractivity contribution in [2.75, 3.05) is 5.73 Å². The molecule has 0 fully saturated rings. The first kappa shape index (κ1) is 10.9. The molecule has 3 N–H and O–H groups in total. The number of nitrogen functional groups attached to an aromatic ring is 1. The minimum absolute atomic E-state index is 0.207. The van der Waals surface area contributed by atoms with Gasteiger partial charge < -0.3 is 10.8 Å². The van der Waals surface area contributed by atoms with Crippen LogP contribution in [0.4, 0.5) is 5.82 Å². The number of pyridine rings is 1. The minimum atomic E-state index is 0.207. The van der Waals surface area contributed by atoms with Crippen molar-refractivity contribution in [3.05, 3.63) is 47.6 Å². The van der Waals surface area contributed by atoms with E-state index in [-0.39, 0.29) is 5.75 Å². The zero-order valence-corrected chi connectivity index (χ0v) is 10.1. The minimum Gasteiger partial charge on any atom is -0.508 e. The molecular formula is C13H10ClN3O. The lowest BCUT2D eigenvalue weighted by molar-refractivity contribution is 0.475. The summed E-state index contributed by atoms with van der Waals surface area (Å²) < 4.78 is 1.79. The van der Waals surface area contributed by atoms with E-state index >= 15 is 0 Å². The molecule has 0 aliphatic carbocycles. The number of phenols is 1. The van der Waals surface area contributed by atoms with Crippen molar-refractivity contribution in [2.45, 2.75) is 0 Å². The molecule has 0 amide bonds. The van der Waals surface area contributed by atoms with Crippen LogP contribution in [0.1, 0.15) is 0 Å². The molecule has 0 radical (unpaired) electrons. The van der Waals surface area contributed by atoms with Gasteiger partial charge in [-0.2, -0.15) is 0 Å². The molecule has 90 valence electrons. The average molecular weight is 260 g/mol. The number of nitrogens with zero attached hydrogens (tertiary/aromatic N) is 2. The van der Waals surface area contributed by atoms with Crippen LogP contribution in [0.15, 0.2) is 42.5 Å². The van der Waals surface area contributed by atoms with Crippen molar-refractivity contribution < 1.29 is 5.11 Å². The Bertz CT molecular complexity index is 719.